The third kappa shape index (κ3) is 13.5. The largest absolute Gasteiger partial charge is 0.458 e. The summed E-state index contributed by atoms with van der Waals surface area (Å²) in [7, 11) is 0. The van der Waals surface area contributed by atoms with Gasteiger partial charge in [-0.1, -0.05) is 34.3 Å². The summed E-state index contributed by atoms with van der Waals surface area (Å²) in [6.07, 6.45) is -0.266. The minimum atomic E-state index is -0.959. The van der Waals surface area contributed by atoms with Crippen LogP contribution < -0.4 is 5.32 Å². The molecule has 0 radical (unpaired) electrons. The molecule has 0 aliphatic carbocycles. The molecule has 5 N–H and O–H groups in total. The van der Waals surface area contributed by atoms with Gasteiger partial charge < -0.3 is 30.5 Å². The Morgan fingerprint density at radius 2 is 1.68 bits per heavy atom. The van der Waals surface area contributed by atoms with Crippen LogP contribution in [0.5, 0.6) is 0 Å². The molecule has 9 heteroatoms. The first-order valence-corrected chi connectivity index (χ1v) is 13.8. The first kappa shape index (κ1) is 33.2. The second-order valence-electron chi connectivity index (χ2n) is 11.1. The van der Waals surface area contributed by atoms with Crippen molar-refractivity contribution in [3.05, 3.63) is 12.3 Å². The molecule has 0 spiro atoms. The number of carbonyl (C=O) groups is 3. The predicted octanol–water partition coefficient (Wildman–Crippen LogP) is 2.77. The molecule has 0 saturated carbocycles. The first-order chi connectivity index (χ1) is 17.3. The fourth-order valence-corrected chi connectivity index (χ4v) is 4.93. The number of cyclic esters (lactones) is 1. The number of hydrogen-bond acceptors (Lipinski definition) is 8. The lowest BCUT2D eigenvalue weighted by Gasteiger charge is -2.29. The Kier molecular flexibility index (Phi) is 15.2. The topological polar surface area (TPSA) is 153 Å². The van der Waals surface area contributed by atoms with E-state index in [0.717, 1.165) is 6.42 Å². The summed E-state index contributed by atoms with van der Waals surface area (Å²) < 4.78 is 5.69. The Morgan fingerprint density at radius 3 is 2.32 bits per heavy atom. The van der Waals surface area contributed by atoms with Crippen LogP contribution in [-0.2, 0) is 19.1 Å². The van der Waals surface area contributed by atoms with Crippen LogP contribution in [-0.4, -0.2) is 68.6 Å². The quantitative estimate of drug-likeness (QED) is 0.261. The fraction of sp³-hybridized carbons (Fsp3) is 0.821. The zero-order valence-corrected chi connectivity index (χ0v) is 23.0. The molecule has 0 aromatic carbocycles. The van der Waals surface area contributed by atoms with E-state index in [1.807, 2.05) is 20.8 Å². The van der Waals surface area contributed by atoms with Gasteiger partial charge in [0.15, 0.2) is 0 Å². The summed E-state index contributed by atoms with van der Waals surface area (Å²) in [6, 6.07) is 0. The lowest BCUT2D eigenvalue weighted by molar-refractivity contribution is -0.147. The van der Waals surface area contributed by atoms with Crippen molar-refractivity contribution in [2.24, 2.45) is 17.8 Å². The monoisotopic (exact) mass is 527 g/mol. The summed E-state index contributed by atoms with van der Waals surface area (Å²) in [5.74, 6) is -1.78. The van der Waals surface area contributed by atoms with Crippen molar-refractivity contribution in [3.63, 3.8) is 0 Å². The predicted molar refractivity (Wildman–Crippen MR) is 140 cm³/mol. The van der Waals surface area contributed by atoms with Gasteiger partial charge in [0, 0.05) is 18.8 Å². The van der Waals surface area contributed by atoms with E-state index in [-0.39, 0.29) is 42.6 Å². The van der Waals surface area contributed by atoms with Crippen LogP contribution in [0.3, 0.4) is 0 Å². The number of ketones is 1. The van der Waals surface area contributed by atoms with Gasteiger partial charge in [0.1, 0.15) is 17.6 Å². The smallest absolute Gasteiger partial charge is 0.354 e. The summed E-state index contributed by atoms with van der Waals surface area (Å²) >= 11 is 0. The molecule has 37 heavy (non-hydrogen) atoms. The van der Waals surface area contributed by atoms with Gasteiger partial charge in [-0.2, -0.15) is 0 Å². The Morgan fingerprint density at radius 1 is 1.05 bits per heavy atom. The molecule has 1 rings (SSSR count). The fourth-order valence-electron chi connectivity index (χ4n) is 4.93. The first-order valence-electron chi connectivity index (χ1n) is 13.8. The molecule has 1 fully saturated rings. The van der Waals surface area contributed by atoms with Crippen LogP contribution in [0.4, 0.5) is 0 Å². The van der Waals surface area contributed by atoms with Crippen LogP contribution in [0.2, 0.25) is 0 Å². The third-order valence-electron chi connectivity index (χ3n) is 7.11. The highest BCUT2D eigenvalue weighted by atomic mass is 16.5. The van der Waals surface area contributed by atoms with E-state index in [2.05, 4.69) is 11.9 Å². The normalized spacial score (nSPS) is 32.9. The third-order valence-corrected chi connectivity index (χ3v) is 7.11. The lowest BCUT2D eigenvalue weighted by atomic mass is 9.85. The number of carbonyl (C=O) groups excluding carboxylic acids is 3. The van der Waals surface area contributed by atoms with E-state index >= 15 is 0 Å². The molecule has 8 atom stereocenters. The van der Waals surface area contributed by atoms with Gasteiger partial charge in [-0.05, 0) is 63.2 Å². The van der Waals surface area contributed by atoms with Gasteiger partial charge in [-0.3, -0.25) is 9.59 Å². The van der Waals surface area contributed by atoms with Crippen LogP contribution in [0.25, 0.3) is 0 Å². The van der Waals surface area contributed by atoms with E-state index in [1.165, 1.54) is 0 Å². The number of Topliss-reactive ketones (excluding diaryl/α,β-unsaturated/α-hetero) is 1. The van der Waals surface area contributed by atoms with E-state index in [1.54, 1.807) is 6.92 Å². The van der Waals surface area contributed by atoms with E-state index in [4.69, 9.17) is 4.74 Å². The molecule has 1 unspecified atom stereocenters. The average molecular weight is 528 g/mol. The van der Waals surface area contributed by atoms with Crippen LogP contribution in [0.15, 0.2) is 12.3 Å². The van der Waals surface area contributed by atoms with Crippen molar-refractivity contribution in [3.8, 4) is 0 Å². The Bertz CT molecular complexity index is 742. The zero-order chi connectivity index (χ0) is 28.1. The molecule has 1 heterocycles. The molecule has 214 valence electrons. The van der Waals surface area contributed by atoms with Gasteiger partial charge in [-0.25, -0.2) is 4.79 Å². The average Bonchev–Trinajstić information content (AvgIpc) is 2.77. The number of nitrogens with one attached hydrogen (secondary N) is 1. The highest BCUT2D eigenvalue weighted by Crippen LogP contribution is 2.26. The minimum absolute atomic E-state index is 0.0316. The molecule has 9 nitrogen and oxygen atoms in total. The highest BCUT2D eigenvalue weighted by Gasteiger charge is 2.29. The van der Waals surface area contributed by atoms with Gasteiger partial charge in [0.05, 0.1) is 30.8 Å². The molecule has 1 aliphatic rings. The highest BCUT2D eigenvalue weighted by molar-refractivity contribution is 5.93. The maximum Gasteiger partial charge on any atom is 0.354 e. The van der Waals surface area contributed by atoms with Gasteiger partial charge >= 0.3 is 5.97 Å². The van der Waals surface area contributed by atoms with Gasteiger partial charge in [0.2, 0.25) is 5.91 Å². The minimum Gasteiger partial charge on any atom is -0.458 e. The maximum absolute atomic E-state index is 12.7. The molecule has 0 aromatic rings. The summed E-state index contributed by atoms with van der Waals surface area (Å²) in [6.45, 7) is 11.2. The number of aliphatic hydroxyl groups is 4. The number of rotatable bonds is 6. The number of ether oxygens (including phenoxy) is 1. The maximum atomic E-state index is 12.7. The lowest BCUT2D eigenvalue weighted by Crippen LogP contribution is -2.34. The van der Waals surface area contributed by atoms with Crippen molar-refractivity contribution in [1.82, 2.24) is 5.32 Å². The van der Waals surface area contributed by atoms with Crippen molar-refractivity contribution in [2.45, 2.75) is 129 Å². The number of esters is 1. The molecule has 1 aliphatic heterocycles. The van der Waals surface area contributed by atoms with E-state index in [9.17, 15) is 34.8 Å². The van der Waals surface area contributed by atoms with Crippen molar-refractivity contribution >= 4 is 17.7 Å². The van der Waals surface area contributed by atoms with E-state index < -0.39 is 48.3 Å². The number of amides is 1. The van der Waals surface area contributed by atoms with Crippen LogP contribution in [0.1, 0.15) is 98.3 Å². The van der Waals surface area contributed by atoms with Gasteiger partial charge in [-0.15, -0.1) is 0 Å². The molecule has 0 bridgehead atoms. The Labute approximate surface area is 221 Å². The molecule has 0 aromatic heterocycles. The Balaban J connectivity index is 3.03. The SMILES string of the molecule is C=C1NC(=O)C[C@H](O)CCC[C@H](O)C[C@@H](O)[C@H](C)[C@H](O)C[C@H](C)C[C@H](CC(C)CC(=O)CCC)OC1=O. The molecular weight excluding hydrogens is 478 g/mol. The number of hydrogen-bond donors (Lipinski definition) is 5. The summed E-state index contributed by atoms with van der Waals surface area (Å²) in [4.78, 5) is 37.1. The van der Waals surface area contributed by atoms with Crippen LogP contribution in [0, 0.1) is 17.8 Å². The molecular formula is C28H49NO8. The van der Waals surface area contributed by atoms with Crippen molar-refractivity contribution in [2.75, 3.05) is 0 Å². The molecule has 1 amide bonds. The standard InChI is InChI=1S/C28H49NO8/c1-6-8-21(30)11-17(2)12-24-13-18(3)14-25(33)19(4)26(34)15-22(31)9-7-10-23(32)16-27(35)29-20(5)28(36)37-24/h17-19,22-26,31-34H,5-16H2,1-4H3,(H,29,35)/t17?,18-,19-,22+,23-,24+,25-,26-/m1/s1. The van der Waals surface area contributed by atoms with E-state index in [0.29, 0.717) is 44.9 Å². The number of aliphatic hydroxyl groups excluding tert-OH is 4. The summed E-state index contributed by atoms with van der Waals surface area (Å²) in [5.41, 5.74) is -0.227. The summed E-state index contributed by atoms with van der Waals surface area (Å²) in [5, 5.41) is 44.1. The Hall–Kier alpha value is -1.81. The van der Waals surface area contributed by atoms with Gasteiger partial charge in [0.25, 0.3) is 0 Å². The zero-order valence-electron chi connectivity index (χ0n) is 23.0. The van der Waals surface area contributed by atoms with Crippen molar-refractivity contribution in [1.29, 1.82) is 0 Å². The second kappa shape index (κ2) is 16.9. The molecule has 1 saturated heterocycles. The second-order valence-corrected chi connectivity index (χ2v) is 11.1. The van der Waals surface area contributed by atoms with Crippen molar-refractivity contribution < 1.29 is 39.5 Å². The van der Waals surface area contributed by atoms with Crippen LogP contribution >= 0.6 is 0 Å².